The Morgan fingerprint density at radius 1 is 1.23 bits per heavy atom. The highest BCUT2D eigenvalue weighted by Gasteiger charge is 2.20. The number of amides is 1. The number of pyridine rings is 1. The number of carbonyl (C=O) groups excluding carboxylic acids is 1. The summed E-state index contributed by atoms with van der Waals surface area (Å²) in [4.78, 5) is 22.0. The molecule has 1 heterocycles. The van der Waals surface area contributed by atoms with Crippen LogP contribution in [0.2, 0.25) is 0 Å². The van der Waals surface area contributed by atoms with Crippen molar-refractivity contribution in [2.75, 3.05) is 21.2 Å². The van der Waals surface area contributed by atoms with Gasteiger partial charge in [0.25, 0.3) is 5.91 Å². The van der Waals surface area contributed by atoms with Crippen molar-refractivity contribution in [1.29, 1.82) is 0 Å². The predicted octanol–water partition coefficient (Wildman–Crippen LogP) is 2.61. The van der Waals surface area contributed by atoms with Gasteiger partial charge in [-0.05, 0) is 18.2 Å². The van der Waals surface area contributed by atoms with Crippen LogP contribution in [0, 0.1) is 0 Å². The van der Waals surface area contributed by atoms with Crippen molar-refractivity contribution in [3.8, 4) is 17.4 Å². The van der Waals surface area contributed by atoms with E-state index in [9.17, 15) is 4.79 Å². The van der Waals surface area contributed by atoms with Crippen LogP contribution in [-0.4, -0.2) is 43.3 Å². The first-order valence-electron chi connectivity index (χ1n) is 6.62. The van der Waals surface area contributed by atoms with Crippen LogP contribution in [-0.2, 0) is 0 Å². The maximum atomic E-state index is 12.3. The second-order valence-electron chi connectivity index (χ2n) is 4.62. The number of aromatic nitrogens is 1. The van der Waals surface area contributed by atoms with Gasteiger partial charge in [-0.3, -0.25) is 4.79 Å². The third-order valence-corrected chi connectivity index (χ3v) is 2.68. The fourth-order valence-electron chi connectivity index (χ4n) is 1.70. The maximum Gasteiger partial charge on any atom is 0.287 e. The molecule has 114 valence electrons. The van der Waals surface area contributed by atoms with Crippen molar-refractivity contribution < 1.29 is 14.3 Å². The number of para-hydroxylation sites is 1. The van der Waals surface area contributed by atoms with E-state index in [1.165, 1.54) is 19.6 Å². The molecule has 0 spiro atoms. The summed E-state index contributed by atoms with van der Waals surface area (Å²) < 4.78 is 10.9. The van der Waals surface area contributed by atoms with E-state index >= 15 is 0 Å². The summed E-state index contributed by atoms with van der Waals surface area (Å²) >= 11 is 0. The Bertz CT molecular complexity index is 670. The zero-order valence-corrected chi connectivity index (χ0v) is 12.7. The van der Waals surface area contributed by atoms with Gasteiger partial charge in [-0.2, -0.15) is 4.99 Å². The molecule has 1 aromatic heterocycles. The smallest absolute Gasteiger partial charge is 0.287 e. The fourth-order valence-corrected chi connectivity index (χ4v) is 1.70. The molecule has 1 aromatic carbocycles. The van der Waals surface area contributed by atoms with Crippen molar-refractivity contribution in [2.45, 2.75) is 0 Å². The molecular weight excluding hydrogens is 282 g/mol. The highest BCUT2D eigenvalue weighted by atomic mass is 16.5. The van der Waals surface area contributed by atoms with E-state index in [1.54, 1.807) is 37.2 Å². The molecule has 0 bridgehead atoms. The molecule has 2 aromatic rings. The Balaban J connectivity index is 2.39. The first-order valence-corrected chi connectivity index (χ1v) is 6.62. The number of nitrogens with zero attached hydrogens (tertiary/aromatic N) is 3. The molecule has 0 aliphatic carbocycles. The molecule has 0 aliphatic rings. The summed E-state index contributed by atoms with van der Waals surface area (Å²) in [5.41, 5.74) is 0.187. The second kappa shape index (κ2) is 7.21. The van der Waals surface area contributed by atoms with Crippen molar-refractivity contribution in [3.05, 3.63) is 48.2 Å². The fraction of sp³-hybridized carbons (Fsp3) is 0.188. The van der Waals surface area contributed by atoms with Crippen molar-refractivity contribution in [1.82, 2.24) is 9.88 Å². The van der Waals surface area contributed by atoms with Gasteiger partial charge < -0.3 is 14.4 Å². The number of methoxy groups -OCH3 is 1. The maximum absolute atomic E-state index is 12.3. The Labute approximate surface area is 129 Å². The lowest BCUT2D eigenvalue weighted by Gasteiger charge is -2.11. The molecule has 6 heteroatoms. The van der Waals surface area contributed by atoms with E-state index in [2.05, 4.69) is 9.98 Å². The van der Waals surface area contributed by atoms with E-state index in [-0.39, 0.29) is 11.4 Å². The third-order valence-electron chi connectivity index (χ3n) is 2.68. The third kappa shape index (κ3) is 3.82. The monoisotopic (exact) mass is 299 g/mol. The summed E-state index contributed by atoms with van der Waals surface area (Å²) in [6, 6.07) is 10.7. The lowest BCUT2D eigenvalue weighted by atomic mass is 10.2. The topological polar surface area (TPSA) is 64.0 Å². The predicted molar refractivity (Wildman–Crippen MR) is 83.8 cm³/mol. The number of hydrogen-bond acceptors (Lipinski definition) is 4. The number of hydrogen-bond donors (Lipinski definition) is 0. The van der Waals surface area contributed by atoms with Gasteiger partial charge in [-0.15, -0.1) is 0 Å². The van der Waals surface area contributed by atoms with Crippen LogP contribution in [0.25, 0.3) is 0 Å². The molecule has 0 fully saturated rings. The van der Waals surface area contributed by atoms with Gasteiger partial charge in [0.05, 0.1) is 13.4 Å². The number of benzene rings is 1. The lowest BCUT2D eigenvalue weighted by molar-refractivity contribution is 0.0996. The minimum absolute atomic E-state index is 0.159. The van der Waals surface area contributed by atoms with Gasteiger partial charge in [-0.25, -0.2) is 4.98 Å². The molecule has 0 unspecified atom stereocenters. The normalized spacial score (nSPS) is 10.5. The first-order chi connectivity index (χ1) is 10.6. The zero-order chi connectivity index (χ0) is 15.9. The molecule has 0 saturated heterocycles. The van der Waals surface area contributed by atoms with Crippen molar-refractivity contribution in [3.63, 3.8) is 0 Å². The standard InChI is InChI=1S/C16H17N3O3/c1-19(2)11-18-15(20)14-13(21-3)9-10-17-16(14)22-12-7-5-4-6-8-12/h4-11H,1-3H3. The summed E-state index contributed by atoms with van der Waals surface area (Å²) in [7, 11) is 5.03. The highest BCUT2D eigenvalue weighted by Crippen LogP contribution is 2.30. The average molecular weight is 299 g/mol. The summed E-state index contributed by atoms with van der Waals surface area (Å²) in [5.74, 6) is 0.617. The minimum Gasteiger partial charge on any atom is -0.496 e. The Hall–Kier alpha value is -2.89. The number of rotatable bonds is 5. The van der Waals surface area contributed by atoms with Crippen LogP contribution in [0.1, 0.15) is 10.4 Å². The van der Waals surface area contributed by atoms with Crippen LogP contribution in [0.5, 0.6) is 17.4 Å². The van der Waals surface area contributed by atoms with Crippen molar-refractivity contribution in [2.24, 2.45) is 4.99 Å². The second-order valence-corrected chi connectivity index (χ2v) is 4.62. The molecule has 0 saturated carbocycles. The Kier molecular flexibility index (Phi) is 5.08. The molecular formula is C16H17N3O3. The van der Waals surface area contributed by atoms with Gasteiger partial charge in [0.15, 0.2) is 0 Å². The van der Waals surface area contributed by atoms with Crippen LogP contribution in [0.15, 0.2) is 47.6 Å². The van der Waals surface area contributed by atoms with Gasteiger partial charge in [0.1, 0.15) is 17.1 Å². The van der Waals surface area contributed by atoms with E-state index in [4.69, 9.17) is 9.47 Å². The summed E-state index contributed by atoms with van der Waals surface area (Å²) in [6.45, 7) is 0. The number of ether oxygens (including phenoxy) is 2. The number of aliphatic imine (C=N–C) groups is 1. The SMILES string of the molecule is COc1ccnc(Oc2ccccc2)c1C(=O)N=CN(C)C. The van der Waals surface area contributed by atoms with Crippen LogP contribution in [0.4, 0.5) is 0 Å². The lowest BCUT2D eigenvalue weighted by Crippen LogP contribution is -2.11. The molecule has 0 N–H and O–H groups in total. The Morgan fingerprint density at radius 2 is 1.95 bits per heavy atom. The molecule has 22 heavy (non-hydrogen) atoms. The summed E-state index contributed by atoms with van der Waals surface area (Å²) in [5, 5.41) is 0. The molecule has 0 atom stereocenters. The highest BCUT2D eigenvalue weighted by molar-refractivity contribution is 6.02. The molecule has 1 amide bonds. The molecule has 0 radical (unpaired) electrons. The van der Waals surface area contributed by atoms with E-state index < -0.39 is 5.91 Å². The quantitative estimate of drug-likeness (QED) is 0.627. The van der Waals surface area contributed by atoms with Gasteiger partial charge in [0.2, 0.25) is 5.88 Å². The molecule has 6 nitrogen and oxygen atoms in total. The van der Waals surface area contributed by atoms with E-state index in [0.29, 0.717) is 11.5 Å². The number of carbonyl (C=O) groups is 1. The van der Waals surface area contributed by atoms with Gasteiger partial charge in [-0.1, -0.05) is 18.2 Å². The van der Waals surface area contributed by atoms with Crippen LogP contribution < -0.4 is 9.47 Å². The first kappa shape index (κ1) is 15.5. The van der Waals surface area contributed by atoms with Crippen molar-refractivity contribution >= 4 is 12.2 Å². The summed E-state index contributed by atoms with van der Waals surface area (Å²) in [6.07, 6.45) is 2.94. The van der Waals surface area contributed by atoms with Gasteiger partial charge in [0, 0.05) is 20.3 Å². The largest absolute Gasteiger partial charge is 0.496 e. The minimum atomic E-state index is -0.482. The van der Waals surface area contributed by atoms with E-state index in [0.717, 1.165) is 0 Å². The van der Waals surface area contributed by atoms with Crippen LogP contribution >= 0.6 is 0 Å². The van der Waals surface area contributed by atoms with Gasteiger partial charge >= 0.3 is 0 Å². The van der Waals surface area contributed by atoms with Crippen LogP contribution in [0.3, 0.4) is 0 Å². The molecule has 0 aliphatic heterocycles. The Morgan fingerprint density at radius 3 is 2.59 bits per heavy atom. The zero-order valence-electron chi connectivity index (χ0n) is 12.7. The average Bonchev–Trinajstić information content (AvgIpc) is 2.53. The molecule has 2 rings (SSSR count). The van der Waals surface area contributed by atoms with E-state index in [1.807, 2.05) is 18.2 Å².